The number of carbonyl (C=O) groups is 1. The number of likely N-dealkylation sites (tertiary alicyclic amines) is 1. The molecule has 1 aromatic heterocycles. The van der Waals surface area contributed by atoms with Gasteiger partial charge in [0.25, 0.3) is 0 Å². The number of anilines is 1. The van der Waals surface area contributed by atoms with Crippen molar-refractivity contribution in [2.45, 2.75) is 38.8 Å². The number of nitriles is 1. The van der Waals surface area contributed by atoms with Crippen LogP contribution in [0.2, 0.25) is 0 Å². The molecule has 0 radical (unpaired) electrons. The van der Waals surface area contributed by atoms with Gasteiger partial charge < -0.3 is 5.32 Å². The first-order chi connectivity index (χ1) is 9.81. The normalized spacial score (nSPS) is 22.8. The standard InChI is InChI=1S/C15H19BrN4O/c1-15(2,3)20-9-10(8-17)7-11(20)14(21)19-13-6-4-5-12(16)18-13/h4-6,10-11H,7,9H2,1-3H3,(H,18,19,21)/t10-,11+/m1/s1. The number of nitrogens with one attached hydrogen (secondary N) is 1. The lowest BCUT2D eigenvalue weighted by atomic mass is 10.0. The van der Waals surface area contributed by atoms with Crippen LogP contribution < -0.4 is 5.32 Å². The average molecular weight is 351 g/mol. The van der Waals surface area contributed by atoms with Crippen molar-refractivity contribution in [3.05, 3.63) is 22.8 Å². The van der Waals surface area contributed by atoms with Gasteiger partial charge in [0, 0.05) is 12.1 Å². The van der Waals surface area contributed by atoms with Gasteiger partial charge in [-0.3, -0.25) is 9.69 Å². The van der Waals surface area contributed by atoms with Crippen LogP contribution in [-0.4, -0.2) is 33.9 Å². The van der Waals surface area contributed by atoms with Gasteiger partial charge in [0.15, 0.2) is 0 Å². The van der Waals surface area contributed by atoms with Gasteiger partial charge in [-0.25, -0.2) is 4.98 Å². The smallest absolute Gasteiger partial charge is 0.242 e. The Bertz CT molecular complexity index is 576. The first kappa shape index (κ1) is 15.9. The van der Waals surface area contributed by atoms with Crippen LogP contribution in [0.4, 0.5) is 5.82 Å². The molecular formula is C15H19BrN4O. The number of nitrogens with zero attached hydrogens (tertiary/aromatic N) is 3. The molecule has 2 rings (SSSR count). The summed E-state index contributed by atoms with van der Waals surface area (Å²) < 4.78 is 0.675. The van der Waals surface area contributed by atoms with Crippen molar-refractivity contribution >= 4 is 27.7 Å². The van der Waals surface area contributed by atoms with Gasteiger partial charge in [-0.05, 0) is 55.3 Å². The van der Waals surface area contributed by atoms with E-state index in [9.17, 15) is 4.79 Å². The van der Waals surface area contributed by atoms with Crippen LogP contribution in [0, 0.1) is 17.2 Å². The van der Waals surface area contributed by atoms with Crippen LogP contribution >= 0.6 is 15.9 Å². The molecule has 1 aromatic rings. The fraction of sp³-hybridized carbons (Fsp3) is 0.533. The Balaban J connectivity index is 2.15. The molecule has 0 aromatic carbocycles. The van der Waals surface area contributed by atoms with E-state index in [1.807, 2.05) is 6.07 Å². The first-order valence-electron chi connectivity index (χ1n) is 6.91. The summed E-state index contributed by atoms with van der Waals surface area (Å²) in [7, 11) is 0. The maximum Gasteiger partial charge on any atom is 0.242 e. The topological polar surface area (TPSA) is 69.0 Å². The molecule has 1 saturated heterocycles. The molecule has 112 valence electrons. The highest BCUT2D eigenvalue weighted by molar-refractivity contribution is 9.10. The molecule has 1 aliphatic heterocycles. The molecule has 1 aliphatic rings. The summed E-state index contributed by atoms with van der Waals surface area (Å²) in [5, 5.41) is 12.0. The molecule has 1 fully saturated rings. The number of carbonyl (C=O) groups excluding carboxylic acids is 1. The van der Waals surface area contributed by atoms with Gasteiger partial charge in [-0.1, -0.05) is 6.07 Å². The van der Waals surface area contributed by atoms with Crippen LogP contribution in [-0.2, 0) is 4.79 Å². The van der Waals surface area contributed by atoms with Crippen molar-refractivity contribution in [3.8, 4) is 6.07 Å². The first-order valence-corrected chi connectivity index (χ1v) is 7.70. The molecule has 2 atom stereocenters. The number of pyridine rings is 1. The van der Waals surface area contributed by atoms with Gasteiger partial charge in [0.2, 0.25) is 5.91 Å². The van der Waals surface area contributed by atoms with Crippen molar-refractivity contribution in [2.24, 2.45) is 5.92 Å². The summed E-state index contributed by atoms with van der Waals surface area (Å²) in [6.07, 6.45) is 0.563. The van der Waals surface area contributed by atoms with Gasteiger partial charge >= 0.3 is 0 Å². The molecule has 1 N–H and O–H groups in total. The van der Waals surface area contributed by atoms with Crippen molar-refractivity contribution in [1.82, 2.24) is 9.88 Å². The molecule has 0 spiro atoms. The van der Waals surface area contributed by atoms with E-state index in [1.54, 1.807) is 12.1 Å². The molecule has 1 amide bonds. The lowest BCUT2D eigenvalue weighted by Gasteiger charge is -2.36. The Morgan fingerprint density at radius 2 is 2.24 bits per heavy atom. The zero-order chi connectivity index (χ0) is 15.6. The SMILES string of the molecule is CC(C)(C)N1C[C@@H](C#N)C[C@H]1C(=O)Nc1cccc(Br)n1. The summed E-state index contributed by atoms with van der Waals surface area (Å²) in [4.78, 5) is 18.8. The van der Waals surface area contributed by atoms with Crippen molar-refractivity contribution < 1.29 is 4.79 Å². The van der Waals surface area contributed by atoms with E-state index in [0.717, 1.165) is 0 Å². The van der Waals surface area contributed by atoms with Gasteiger partial charge in [-0.2, -0.15) is 5.26 Å². The lowest BCUT2D eigenvalue weighted by Crippen LogP contribution is -2.49. The fourth-order valence-corrected chi connectivity index (χ4v) is 2.95. The Labute approximate surface area is 133 Å². The number of rotatable bonds is 2. The number of halogens is 1. The van der Waals surface area contributed by atoms with Gasteiger partial charge in [0.05, 0.1) is 18.0 Å². The molecular weight excluding hydrogens is 332 g/mol. The third kappa shape index (κ3) is 3.80. The quantitative estimate of drug-likeness (QED) is 0.832. The van der Waals surface area contributed by atoms with E-state index in [-0.39, 0.29) is 23.4 Å². The third-order valence-electron chi connectivity index (χ3n) is 3.61. The minimum absolute atomic E-state index is 0.101. The number of amides is 1. The predicted octanol–water partition coefficient (Wildman–Crippen LogP) is 2.80. The predicted molar refractivity (Wildman–Crippen MR) is 84.5 cm³/mol. The lowest BCUT2D eigenvalue weighted by molar-refractivity contribution is -0.122. The van der Waals surface area contributed by atoms with Gasteiger partial charge in [-0.15, -0.1) is 0 Å². The molecule has 6 heteroatoms. The largest absolute Gasteiger partial charge is 0.309 e. The summed E-state index contributed by atoms with van der Waals surface area (Å²) in [5.74, 6) is 0.312. The molecule has 0 aliphatic carbocycles. The van der Waals surface area contributed by atoms with E-state index in [0.29, 0.717) is 23.4 Å². The second-order valence-electron chi connectivity index (χ2n) is 6.24. The summed E-state index contributed by atoms with van der Waals surface area (Å²) >= 11 is 3.28. The summed E-state index contributed by atoms with van der Waals surface area (Å²) in [6, 6.07) is 7.36. The van der Waals surface area contributed by atoms with Crippen molar-refractivity contribution in [1.29, 1.82) is 5.26 Å². The number of hydrogen-bond acceptors (Lipinski definition) is 4. The number of hydrogen-bond donors (Lipinski definition) is 1. The minimum Gasteiger partial charge on any atom is -0.309 e. The zero-order valence-corrected chi connectivity index (χ0v) is 14.0. The third-order valence-corrected chi connectivity index (χ3v) is 4.06. The monoisotopic (exact) mass is 350 g/mol. The molecule has 0 bridgehead atoms. The Morgan fingerprint density at radius 3 is 2.81 bits per heavy atom. The van der Waals surface area contributed by atoms with Crippen LogP contribution in [0.15, 0.2) is 22.8 Å². The number of aromatic nitrogens is 1. The Morgan fingerprint density at radius 1 is 1.52 bits per heavy atom. The fourth-order valence-electron chi connectivity index (χ4n) is 2.61. The molecule has 0 saturated carbocycles. The van der Waals surface area contributed by atoms with Crippen LogP contribution in [0.1, 0.15) is 27.2 Å². The summed E-state index contributed by atoms with van der Waals surface area (Å²) in [5.41, 5.74) is -0.154. The second kappa shape index (κ2) is 6.12. The van der Waals surface area contributed by atoms with Crippen LogP contribution in [0.25, 0.3) is 0 Å². The van der Waals surface area contributed by atoms with Gasteiger partial charge in [0.1, 0.15) is 10.4 Å². The van der Waals surface area contributed by atoms with Crippen molar-refractivity contribution in [2.75, 3.05) is 11.9 Å². The zero-order valence-electron chi connectivity index (χ0n) is 12.4. The van der Waals surface area contributed by atoms with E-state index in [1.165, 1.54) is 0 Å². The molecule has 5 nitrogen and oxygen atoms in total. The highest BCUT2D eigenvalue weighted by atomic mass is 79.9. The second-order valence-corrected chi connectivity index (χ2v) is 7.05. The maximum absolute atomic E-state index is 12.5. The van der Waals surface area contributed by atoms with E-state index in [4.69, 9.17) is 5.26 Å². The van der Waals surface area contributed by atoms with Crippen molar-refractivity contribution in [3.63, 3.8) is 0 Å². The highest BCUT2D eigenvalue weighted by Gasteiger charge is 2.42. The minimum atomic E-state index is -0.296. The maximum atomic E-state index is 12.5. The molecule has 0 unspecified atom stereocenters. The van der Waals surface area contributed by atoms with E-state index in [2.05, 4.69) is 58.0 Å². The highest BCUT2D eigenvalue weighted by Crippen LogP contribution is 2.30. The molecule has 2 heterocycles. The Kier molecular flexibility index (Phi) is 4.64. The molecule has 21 heavy (non-hydrogen) atoms. The van der Waals surface area contributed by atoms with E-state index >= 15 is 0 Å². The van der Waals surface area contributed by atoms with Crippen LogP contribution in [0.5, 0.6) is 0 Å². The average Bonchev–Trinajstić information content (AvgIpc) is 2.83. The van der Waals surface area contributed by atoms with E-state index < -0.39 is 0 Å². The summed E-state index contributed by atoms with van der Waals surface area (Å²) in [6.45, 7) is 6.81. The van der Waals surface area contributed by atoms with Crippen LogP contribution in [0.3, 0.4) is 0 Å². The Hall–Kier alpha value is -1.45.